The first-order chi connectivity index (χ1) is 13.1. The number of carbonyl (C=O) groups is 1. The molecule has 27 heavy (non-hydrogen) atoms. The van der Waals surface area contributed by atoms with E-state index in [4.69, 9.17) is 9.15 Å². The monoisotopic (exact) mass is 376 g/mol. The Balaban J connectivity index is 1.81. The number of aromatic nitrogens is 1. The third-order valence-corrected chi connectivity index (χ3v) is 4.85. The number of nitrogens with zero attached hydrogens (tertiary/aromatic N) is 2. The van der Waals surface area contributed by atoms with Crippen LogP contribution in [0, 0.1) is 0 Å². The van der Waals surface area contributed by atoms with E-state index in [1.165, 1.54) is 6.07 Å². The van der Waals surface area contributed by atoms with Crippen molar-refractivity contribution in [3.8, 4) is 5.75 Å². The third kappa shape index (κ3) is 3.21. The number of rotatable bonds is 6. The maximum atomic E-state index is 12.8. The van der Waals surface area contributed by atoms with Gasteiger partial charge in [0.25, 0.3) is 0 Å². The molecule has 1 unspecified atom stereocenters. The van der Waals surface area contributed by atoms with Crippen LogP contribution in [-0.4, -0.2) is 49.2 Å². The summed E-state index contributed by atoms with van der Waals surface area (Å²) in [6.07, 6.45) is 3.56. The van der Waals surface area contributed by atoms with Crippen molar-refractivity contribution in [2.75, 3.05) is 26.8 Å². The molecule has 0 radical (unpaired) electrons. The molecule has 1 aliphatic heterocycles. The van der Waals surface area contributed by atoms with Crippen LogP contribution >= 0.6 is 0 Å². The summed E-state index contributed by atoms with van der Waals surface area (Å²) < 4.78 is 41.0. The van der Waals surface area contributed by atoms with Gasteiger partial charge in [0.1, 0.15) is 5.58 Å². The predicted octanol–water partition coefficient (Wildman–Crippen LogP) is 3.54. The van der Waals surface area contributed by atoms with Gasteiger partial charge >= 0.3 is 6.61 Å². The highest BCUT2D eigenvalue weighted by molar-refractivity contribution is 6.08. The fourth-order valence-electron chi connectivity index (χ4n) is 3.65. The van der Waals surface area contributed by atoms with Crippen molar-refractivity contribution in [3.05, 3.63) is 36.2 Å². The molecule has 4 rings (SSSR count). The second-order valence-electron chi connectivity index (χ2n) is 6.44. The fraction of sp³-hybridized carbons (Fsp3) is 0.368. The lowest BCUT2D eigenvalue weighted by molar-refractivity contribution is -0.128. The van der Waals surface area contributed by atoms with Gasteiger partial charge in [-0.1, -0.05) is 6.07 Å². The Kier molecular flexibility index (Phi) is 4.65. The SMILES string of the molecule is COCCN1CC(c2ccc(OC(F)F)c3oc4ccncc4c23)CC1=O. The molecule has 1 aliphatic rings. The molecule has 0 saturated carbocycles. The lowest BCUT2D eigenvalue weighted by Gasteiger charge is -2.17. The second-order valence-corrected chi connectivity index (χ2v) is 6.44. The molecule has 1 saturated heterocycles. The van der Waals surface area contributed by atoms with Crippen molar-refractivity contribution in [2.45, 2.75) is 19.0 Å². The molecule has 142 valence electrons. The molecular weight excluding hydrogens is 358 g/mol. The molecular formula is C19H18F2N2O4. The number of alkyl halides is 2. The summed E-state index contributed by atoms with van der Waals surface area (Å²) in [5.74, 6) is -0.0528. The smallest absolute Gasteiger partial charge is 0.387 e. The Morgan fingerprint density at radius 3 is 3.00 bits per heavy atom. The lowest BCUT2D eigenvalue weighted by atomic mass is 9.93. The lowest BCUT2D eigenvalue weighted by Crippen LogP contribution is -2.28. The van der Waals surface area contributed by atoms with Gasteiger partial charge in [0.05, 0.1) is 6.61 Å². The highest BCUT2D eigenvalue weighted by atomic mass is 19.3. The summed E-state index contributed by atoms with van der Waals surface area (Å²) in [6.45, 7) is -1.43. The van der Waals surface area contributed by atoms with Crippen LogP contribution in [0.1, 0.15) is 17.9 Å². The molecule has 1 fully saturated rings. The quantitative estimate of drug-likeness (QED) is 0.658. The van der Waals surface area contributed by atoms with E-state index >= 15 is 0 Å². The largest absolute Gasteiger partial charge is 0.452 e. The highest BCUT2D eigenvalue weighted by Gasteiger charge is 2.32. The van der Waals surface area contributed by atoms with Crippen LogP contribution in [0.5, 0.6) is 5.75 Å². The number of hydrogen-bond donors (Lipinski definition) is 0. The van der Waals surface area contributed by atoms with Gasteiger partial charge in [-0.2, -0.15) is 8.78 Å². The molecule has 1 aromatic carbocycles. The summed E-state index contributed by atoms with van der Waals surface area (Å²) in [5, 5.41) is 1.38. The van der Waals surface area contributed by atoms with Gasteiger partial charge in [-0.05, 0) is 17.7 Å². The average Bonchev–Trinajstić information content (AvgIpc) is 3.21. The van der Waals surface area contributed by atoms with Crippen molar-refractivity contribution in [1.82, 2.24) is 9.88 Å². The molecule has 0 N–H and O–H groups in total. The van der Waals surface area contributed by atoms with Gasteiger partial charge in [0.15, 0.2) is 11.3 Å². The summed E-state index contributed by atoms with van der Waals surface area (Å²) in [6, 6.07) is 4.89. The molecule has 8 heteroatoms. The van der Waals surface area contributed by atoms with E-state index in [9.17, 15) is 13.6 Å². The first-order valence-electron chi connectivity index (χ1n) is 8.59. The van der Waals surface area contributed by atoms with Crippen molar-refractivity contribution in [2.24, 2.45) is 0 Å². The van der Waals surface area contributed by atoms with Crippen molar-refractivity contribution in [3.63, 3.8) is 0 Å². The Labute approximate surface area is 153 Å². The van der Waals surface area contributed by atoms with Crippen LogP contribution < -0.4 is 4.74 Å². The number of fused-ring (bicyclic) bond motifs is 3. The first kappa shape index (κ1) is 17.7. The number of pyridine rings is 1. The van der Waals surface area contributed by atoms with E-state index < -0.39 is 6.61 Å². The minimum atomic E-state index is -2.96. The summed E-state index contributed by atoms with van der Waals surface area (Å²) in [7, 11) is 1.59. The number of amides is 1. The number of benzene rings is 1. The summed E-state index contributed by atoms with van der Waals surface area (Å²) in [5.41, 5.74) is 1.65. The van der Waals surface area contributed by atoms with Crippen LogP contribution in [0.4, 0.5) is 8.78 Å². The van der Waals surface area contributed by atoms with Gasteiger partial charge in [0, 0.05) is 55.7 Å². The molecule has 3 heterocycles. The maximum Gasteiger partial charge on any atom is 0.387 e. The summed E-state index contributed by atoms with van der Waals surface area (Å²) in [4.78, 5) is 18.2. The van der Waals surface area contributed by atoms with E-state index in [0.29, 0.717) is 42.5 Å². The Bertz CT molecular complexity index is 988. The molecule has 6 nitrogen and oxygen atoms in total. The number of methoxy groups -OCH3 is 1. The zero-order valence-corrected chi connectivity index (χ0v) is 14.7. The predicted molar refractivity (Wildman–Crippen MR) is 94.0 cm³/mol. The zero-order chi connectivity index (χ0) is 19.0. The molecule has 1 atom stereocenters. The van der Waals surface area contributed by atoms with Crippen molar-refractivity contribution < 1.29 is 27.5 Å². The molecule has 2 aromatic heterocycles. The Hall–Kier alpha value is -2.74. The van der Waals surface area contributed by atoms with Gasteiger partial charge in [-0.25, -0.2) is 0 Å². The molecule has 0 bridgehead atoms. The number of ether oxygens (including phenoxy) is 2. The van der Waals surface area contributed by atoms with Gasteiger partial charge in [0.2, 0.25) is 5.91 Å². The number of halogens is 2. The first-order valence-corrected chi connectivity index (χ1v) is 8.59. The number of furan rings is 1. The van der Waals surface area contributed by atoms with E-state index in [2.05, 4.69) is 9.72 Å². The minimum absolute atomic E-state index is 0.0273. The van der Waals surface area contributed by atoms with Crippen molar-refractivity contribution >= 4 is 27.8 Å². The highest BCUT2D eigenvalue weighted by Crippen LogP contribution is 2.42. The Morgan fingerprint density at radius 2 is 2.22 bits per heavy atom. The molecule has 0 aliphatic carbocycles. The molecule has 3 aromatic rings. The number of hydrogen-bond acceptors (Lipinski definition) is 5. The standard InChI is InChI=1S/C19H18F2N2O4/c1-25-7-6-23-10-11(8-16(23)24)12-2-3-15(27-19(20)21)18-17(12)13-9-22-5-4-14(13)26-18/h2-5,9,11,19H,6-8,10H2,1H3. The Morgan fingerprint density at radius 1 is 1.37 bits per heavy atom. The van der Waals surface area contributed by atoms with Gasteiger partial charge in [-0.15, -0.1) is 0 Å². The van der Waals surface area contributed by atoms with Crippen LogP contribution in [-0.2, 0) is 9.53 Å². The maximum absolute atomic E-state index is 12.8. The van der Waals surface area contributed by atoms with Crippen LogP contribution in [0.25, 0.3) is 21.9 Å². The van der Waals surface area contributed by atoms with E-state index in [1.54, 1.807) is 36.5 Å². The molecule has 1 amide bonds. The summed E-state index contributed by atoms with van der Waals surface area (Å²) >= 11 is 0. The van der Waals surface area contributed by atoms with E-state index in [1.807, 2.05) is 0 Å². The second kappa shape index (κ2) is 7.11. The van der Waals surface area contributed by atoms with Gasteiger partial charge in [-0.3, -0.25) is 9.78 Å². The topological polar surface area (TPSA) is 64.8 Å². The average molecular weight is 376 g/mol. The van der Waals surface area contributed by atoms with Gasteiger partial charge < -0.3 is 18.8 Å². The van der Waals surface area contributed by atoms with Crippen LogP contribution in [0.15, 0.2) is 35.0 Å². The normalized spacial score (nSPS) is 17.6. The number of carbonyl (C=O) groups excluding carboxylic acids is 1. The zero-order valence-electron chi connectivity index (χ0n) is 14.7. The molecule has 0 spiro atoms. The van der Waals surface area contributed by atoms with Crippen LogP contribution in [0.3, 0.4) is 0 Å². The van der Waals surface area contributed by atoms with Crippen molar-refractivity contribution in [1.29, 1.82) is 0 Å². The minimum Gasteiger partial charge on any atom is -0.452 e. The third-order valence-electron chi connectivity index (χ3n) is 4.85. The fourth-order valence-corrected chi connectivity index (χ4v) is 3.65. The van der Waals surface area contributed by atoms with Crippen LogP contribution in [0.2, 0.25) is 0 Å². The van der Waals surface area contributed by atoms with E-state index in [-0.39, 0.29) is 23.2 Å². The number of likely N-dealkylation sites (tertiary alicyclic amines) is 1. The van der Waals surface area contributed by atoms with E-state index in [0.717, 1.165) is 5.56 Å².